The maximum atomic E-state index is 12.8. The molecule has 0 spiro atoms. The lowest BCUT2D eigenvalue weighted by Gasteiger charge is -2.13. The Bertz CT molecular complexity index is 323. The standard InChI is InChI=1S/C11H16BrFN2.ClH/c12-10-7-8(13)4-5-9(10)11(15)3-1-2-6-14;/h4-5,7,11H,1-3,6,14-15H2;1H/t11-;/m0./s1. The number of benzene rings is 1. The summed E-state index contributed by atoms with van der Waals surface area (Å²) in [5.74, 6) is -0.250. The van der Waals surface area contributed by atoms with E-state index in [0.29, 0.717) is 6.54 Å². The number of hydrogen-bond donors (Lipinski definition) is 2. The van der Waals surface area contributed by atoms with Gasteiger partial charge in [-0.1, -0.05) is 28.4 Å². The summed E-state index contributed by atoms with van der Waals surface area (Å²) in [6.07, 6.45) is 2.86. The van der Waals surface area contributed by atoms with E-state index in [4.69, 9.17) is 11.5 Å². The van der Waals surface area contributed by atoms with Crippen molar-refractivity contribution in [2.45, 2.75) is 25.3 Å². The van der Waals surface area contributed by atoms with E-state index in [1.807, 2.05) is 0 Å². The fourth-order valence-corrected chi connectivity index (χ4v) is 2.11. The molecule has 1 rings (SSSR count). The van der Waals surface area contributed by atoms with E-state index in [1.165, 1.54) is 12.1 Å². The smallest absolute Gasteiger partial charge is 0.124 e. The Morgan fingerprint density at radius 1 is 1.31 bits per heavy atom. The zero-order chi connectivity index (χ0) is 11.3. The molecule has 0 fully saturated rings. The van der Waals surface area contributed by atoms with Gasteiger partial charge in [0.1, 0.15) is 5.82 Å². The van der Waals surface area contributed by atoms with Gasteiger partial charge in [-0.25, -0.2) is 4.39 Å². The number of nitrogens with two attached hydrogens (primary N) is 2. The molecular weight excluding hydrogens is 294 g/mol. The molecule has 0 unspecified atom stereocenters. The molecular formula is C11H17BrClFN2. The summed E-state index contributed by atoms with van der Waals surface area (Å²) in [5, 5.41) is 0. The molecule has 2 nitrogen and oxygen atoms in total. The zero-order valence-electron chi connectivity index (χ0n) is 8.96. The summed E-state index contributed by atoms with van der Waals surface area (Å²) >= 11 is 3.31. The molecule has 1 aromatic rings. The number of unbranched alkanes of at least 4 members (excludes halogenated alkanes) is 1. The number of halogens is 3. The van der Waals surface area contributed by atoms with Crippen LogP contribution in [-0.2, 0) is 0 Å². The molecule has 4 N–H and O–H groups in total. The van der Waals surface area contributed by atoms with Gasteiger partial charge in [0.15, 0.2) is 0 Å². The van der Waals surface area contributed by atoms with Crippen molar-refractivity contribution in [3.63, 3.8) is 0 Å². The molecule has 0 aromatic heterocycles. The van der Waals surface area contributed by atoms with Gasteiger partial charge < -0.3 is 11.5 Å². The number of hydrogen-bond acceptors (Lipinski definition) is 2. The Morgan fingerprint density at radius 2 is 2.00 bits per heavy atom. The van der Waals surface area contributed by atoms with Crippen LogP contribution in [0.2, 0.25) is 0 Å². The molecule has 0 aliphatic heterocycles. The molecule has 0 amide bonds. The summed E-state index contributed by atoms with van der Waals surface area (Å²) in [6.45, 7) is 0.692. The second kappa shape index (κ2) is 8.01. The molecule has 0 saturated carbocycles. The van der Waals surface area contributed by atoms with Crippen LogP contribution in [0.4, 0.5) is 4.39 Å². The van der Waals surface area contributed by atoms with Crippen molar-refractivity contribution >= 4 is 28.3 Å². The summed E-state index contributed by atoms with van der Waals surface area (Å²) in [4.78, 5) is 0. The Labute approximate surface area is 110 Å². The van der Waals surface area contributed by atoms with Crippen LogP contribution in [0.5, 0.6) is 0 Å². The third-order valence-electron chi connectivity index (χ3n) is 2.33. The highest BCUT2D eigenvalue weighted by Crippen LogP contribution is 2.25. The quantitative estimate of drug-likeness (QED) is 0.821. The fourth-order valence-electron chi connectivity index (χ4n) is 1.47. The molecule has 92 valence electrons. The third-order valence-corrected chi connectivity index (χ3v) is 3.02. The summed E-state index contributed by atoms with van der Waals surface area (Å²) in [5.41, 5.74) is 12.3. The van der Waals surface area contributed by atoms with Crippen molar-refractivity contribution in [1.29, 1.82) is 0 Å². The molecule has 5 heteroatoms. The van der Waals surface area contributed by atoms with Crippen LogP contribution in [0, 0.1) is 5.82 Å². The van der Waals surface area contributed by atoms with Gasteiger partial charge in [0.2, 0.25) is 0 Å². The molecule has 0 radical (unpaired) electrons. The van der Waals surface area contributed by atoms with Crippen molar-refractivity contribution in [3.05, 3.63) is 34.1 Å². The minimum absolute atomic E-state index is 0. The van der Waals surface area contributed by atoms with Gasteiger partial charge in [0.25, 0.3) is 0 Å². The van der Waals surface area contributed by atoms with Crippen LogP contribution >= 0.6 is 28.3 Å². The second-order valence-corrected chi connectivity index (χ2v) is 4.41. The molecule has 0 aliphatic rings. The second-order valence-electron chi connectivity index (χ2n) is 3.56. The maximum Gasteiger partial charge on any atom is 0.124 e. The molecule has 0 aliphatic carbocycles. The van der Waals surface area contributed by atoms with Crippen molar-refractivity contribution in [2.24, 2.45) is 11.5 Å². The highest BCUT2D eigenvalue weighted by atomic mass is 79.9. The monoisotopic (exact) mass is 310 g/mol. The molecule has 16 heavy (non-hydrogen) atoms. The van der Waals surface area contributed by atoms with E-state index in [-0.39, 0.29) is 24.3 Å². The highest BCUT2D eigenvalue weighted by Gasteiger charge is 2.09. The largest absolute Gasteiger partial charge is 0.330 e. The van der Waals surface area contributed by atoms with Crippen LogP contribution < -0.4 is 11.5 Å². The average Bonchev–Trinajstić information content (AvgIpc) is 2.17. The summed E-state index contributed by atoms with van der Waals surface area (Å²) in [7, 11) is 0. The van der Waals surface area contributed by atoms with Crippen LogP contribution in [0.25, 0.3) is 0 Å². The Kier molecular flexibility index (Phi) is 7.93. The van der Waals surface area contributed by atoms with Crippen molar-refractivity contribution in [2.75, 3.05) is 6.54 Å². The van der Waals surface area contributed by atoms with Gasteiger partial charge in [0, 0.05) is 10.5 Å². The van der Waals surface area contributed by atoms with Gasteiger partial charge >= 0.3 is 0 Å². The predicted molar refractivity (Wildman–Crippen MR) is 71.2 cm³/mol. The lowest BCUT2D eigenvalue weighted by Crippen LogP contribution is -2.11. The maximum absolute atomic E-state index is 12.8. The first kappa shape index (κ1) is 15.8. The fraction of sp³-hybridized carbons (Fsp3) is 0.455. The minimum atomic E-state index is -0.250. The van der Waals surface area contributed by atoms with Gasteiger partial charge in [-0.05, 0) is 37.1 Å². The van der Waals surface area contributed by atoms with Gasteiger partial charge in [-0.2, -0.15) is 0 Å². The van der Waals surface area contributed by atoms with E-state index in [0.717, 1.165) is 29.3 Å². The predicted octanol–water partition coefficient (Wildman–Crippen LogP) is 3.14. The molecule has 1 aromatic carbocycles. The third kappa shape index (κ3) is 4.78. The summed E-state index contributed by atoms with van der Waals surface area (Å²) in [6, 6.07) is 4.56. The lowest BCUT2D eigenvalue weighted by molar-refractivity contribution is 0.584. The Hall–Kier alpha value is -0.160. The van der Waals surface area contributed by atoms with Crippen molar-refractivity contribution in [3.8, 4) is 0 Å². The van der Waals surface area contributed by atoms with E-state index < -0.39 is 0 Å². The minimum Gasteiger partial charge on any atom is -0.330 e. The zero-order valence-corrected chi connectivity index (χ0v) is 11.4. The SMILES string of the molecule is Cl.NCCCC[C@H](N)c1ccc(F)cc1Br. The van der Waals surface area contributed by atoms with E-state index >= 15 is 0 Å². The molecule has 0 heterocycles. The lowest BCUT2D eigenvalue weighted by atomic mass is 10.0. The van der Waals surface area contributed by atoms with Crippen LogP contribution in [-0.4, -0.2) is 6.54 Å². The Balaban J connectivity index is 0.00000225. The van der Waals surface area contributed by atoms with Crippen molar-refractivity contribution in [1.82, 2.24) is 0 Å². The van der Waals surface area contributed by atoms with E-state index in [9.17, 15) is 4.39 Å². The van der Waals surface area contributed by atoms with Gasteiger partial charge in [-0.15, -0.1) is 12.4 Å². The Morgan fingerprint density at radius 3 is 2.56 bits per heavy atom. The molecule has 0 bridgehead atoms. The normalized spacial score (nSPS) is 12.0. The average molecular weight is 312 g/mol. The summed E-state index contributed by atoms with van der Waals surface area (Å²) < 4.78 is 13.6. The molecule has 0 saturated heterocycles. The van der Waals surface area contributed by atoms with Crippen LogP contribution in [0.15, 0.2) is 22.7 Å². The highest BCUT2D eigenvalue weighted by molar-refractivity contribution is 9.10. The first-order valence-electron chi connectivity index (χ1n) is 5.05. The topological polar surface area (TPSA) is 52.0 Å². The van der Waals surface area contributed by atoms with Crippen molar-refractivity contribution < 1.29 is 4.39 Å². The van der Waals surface area contributed by atoms with Crippen LogP contribution in [0.1, 0.15) is 30.9 Å². The van der Waals surface area contributed by atoms with Gasteiger partial charge in [0.05, 0.1) is 0 Å². The van der Waals surface area contributed by atoms with Gasteiger partial charge in [-0.3, -0.25) is 0 Å². The molecule has 1 atom stereocenters. The van der Waals surface area contributed by atoms with E-state index in [2.05, 4.69) is 15.9 Å². The van der Waals surface area contributed by atoms with Crippen LogP contribution in [0.3, 0.4) is 0 Å². The number of rotatable bonds is 5. The first-order chi connectivity index (χ1) is 7.15. The first-order valence-corrected chi connectivity index (χ1v) is 5.85. The van der Waals surface area contributed by atoms with E-state index in [1.54, 1.807) is 6.07 Å².